The van der Waals surface area contributed by atoms with Gasteiger partial charge in [-0.15, -0.1) is 4.67 Å². The Morgan fingerprint density at radius 3 is 1.57 bits per heavy atom. The summed E-state index contributed by atoms with van der Waals surface area (Å²) in [4.78, 5) is 9.52. The van der Waals surface area contributed by atoms with Gasteiger partial charge in [0.25, 0.3) is 0 Å². The third-order valence-electron chi connectivity index (χ3n) is 6.03. The van der Waals surface area contributed by atoms with Gasteiger partial charge >= 0.3 is 19.7 Å². The van der Waals surface area contributed by atoms with Crippen LogP contribution in [0, 0.1) is 0 Å². The fourth-order valence-electron chi connectivity index (χ4n) is 3.89. The van der Waals surface area contributed by atoms with E-state index in [0.717, 1.165) is 38.5 Å². The molecule has 1 aliphatic rings. The molecule has 0 radical (unpaired) electrons. The molecule has 35 heavy (non-hydrogen) atoms. The summed E-state index contributed by atoms with van der Waals surface area (Å²) in [6.45, 7) is 5.03. The molecule has 0 amide bonds. The van der Waals surface area contributed by atoms with E-state index in [1.807, 2.05) is 0 Å². The van der Waals surface area contributed by atoms with E-state index in [4.69, 9.17) is 18.8 Å². The summed E-state index contributed by atoms with van der Waals surface area (Å²) in [6.07, 6.45) is 24.0. The molecule has 0 aliphatic carbocycles. The Balaban J connectivity index is 2.02. The summed E-state index contributed by atoms with van der Waals surface area (Å²) in [6, 6.07) is 0. The van der Waals surface area contributed by atoms with E-state index < -0.39 is 19.7 Å². The van der Waals surface area contributed by atoms with Gasteiger partial charge < -0.3 is 14.4 Å². The molecule has 1 atom stereocenters. The topological polar surface area (TPSA) is 92.7 Å². The predicted octanol–water partition coefficient (Wildman–Crippen LogP) is 9.56. The van der Waals surface area contributed by atoms with Crippen LogP contribution >= 0.6 is 7.82 Å². The highest BCUT2D eigenvalue weighted by Crippen LogP contribution is 2.55. The zero-order valence-electron chi connectivity index (χ0n) is 22.3. The molecule has 1 rings (SSSR count). The van der Waals surface area contributed by atoms with Gasteiger partial charge in [-0.1, -0.05) is 134 Å². The molecule has 1 heterocycles. The van der Waals surface area contributed by atoms with Crippen molar-refractivity contribution in [3.8, 4) is 0 Å². The van der Waals surface area contributed by atoms with Crippen LogP contribution in [-0.4, -0.2) is 18.3 Å². The Morgan fingerprint density at radius 1 is 0.657 bits per heavy atom. The summed E-state index contributed by atoms with van der Waals surface area (Å²) >= 11 is 0. The van der Waals surface area contributed by atoms with Gasteiger partial charge in [0.1, 0.15) is 0 Å². The number of unbranched alkanes of at least 4 members (excludes halogenated alkanes) is 18. The molecule has 1 aliphatic heterocycles. The first-order valence-corrected chi connectivity index (χ1v) is 15.6. The number of aliphatic hydroxyl groups excluding tert-OH is 1. The van der Waals surface area contributed by atoms with Crippen LogP contribution in [-0.2, 0) is 32.9 Å². The Kier molecular flexibility index (Phi) is 20.4. The molecule has 1 unspecified atom stereocenters. The number of hydrogen-bond donors (Lipinski definition) is 1. The maximum absolute atomic E-state index is 12.4. The molecule has 1 N–H and O–H groups in total. The average molecular weight is 523 g/mol. The van der Waals surface area contributed by atoms with Crippen LogP contribution in [0.1, 0.15) is 142 Å². The first-order valence-electron chi connectivity index (χ1n) is 14.1. The van der Waals surface area contributed by atoms with Crippen LogP contribution in [0.4, 0.5) is 0 Å². The van der Waals surface area contributed by atoms with Crippen LogP contribution in [0.2, 0.25) is 0 Å². The molecule has 8 nitrogen and oxygen atoms in total. The molecule has 0 saturated heterocycles. The van der Waals surface area contributed by atoms with Crippen molar-refractivity contribution in [3.63, 3.8) is 0 Å². The van der Waals surface area contributed by atoms with E-state index in [2.05, 4.69) is 23.4 Å². The molecular formula is C26H51O8P. The van der Waals surface area contributed by atoms with Crippen molar-refractivity contribution in [3.05, 3.63) is 11.9 Å². The first kappa shape index (κ1) is 32.1. The second-order valence-corrected chi connectivity index (χ2v) is 10.8. The second kappa shape index (κ2) is 22.3. The Morgan fingerprint density at radius 2 is 1.09 bits per heavy atom. The van der Waals surface area contributed by atoms with E-state index in [0.29, 0.717) is 6.61 Å². The highest BCUT2D eigenvalue weighted by Gasteiger charge is 2.41. The number of ether oxygens (including phenoxy) is 1. The highest BCUT2D eigenvalue weighted by molar-refractivity contribution is 7.48. The van der Waals surface area contributed by atoms with Crippen LogP contribution < -0.4 is 0 Å². The third-order valence-corrected chi connectivity index (χ3v) is 6.97. The van der Waals surface area contributed by atoms with Gasteiger partial charge in [-0.2, -0.15) is 0 Å². The molecule has 0 aromatic heterocycles. The molecule has 0 saturated carbocycles. The molecule has 0 fully saturated rings. The SMILES string of the molecule is CCCCCCCCCCCCOOP1(=O)OOC(O)=C(OCCCCCCCCCCCC)O1. The Hall–Kier alpha value is -0.950. The van der Waals surface area contributed by atoms with Gasteiger partial charge in [0.15, 0.2) is 0 Å². The Bertz CT molecular complexity index is 570. The average Bonchev–Trinajstić information content (AvgIpc) is 2.85. The van der Waals surface area contributed by atoms with E-state index in [9.17, 15) is 9.67 Å². The van der Waals surface area contributed by atoms with E-state index in [1.165, 1.54) is 89.9 Å². The van der Waals surface area contributed by atoms with Crippen LogP contribution in [0.15, 0.2) is 11.9 Å². The van der Waals surface area contributed by atoms with Crippen molar-refractivity contribution in [2.24, 2.45) is 0 Å². The van der Waals surface area contributed by atoms with Gasteiger partial charge in [-0.25, -0.2) is 9.45 Å². The van der Waals surface area contributed by atoms with Gasteiger partial charge in [-0.05, 0) is 12.8 Å². The quantitative estimate of drug-likeness (QED) is 0.0548. The predicted molar refractivity (Wildman–Crippen MR) is 137 cm³/mol. The molecule has 0 aromatic carbocycles. The lowest BCUT2D eigenvalue weighted by molar-refractivity contribution is -0.295. The molecule has 0 aromatic rings. The Labute approximate surface area is 213 Å². The molecule has 0 bridgehead atoms. The molecule has 0 spiro atoms. The second-order valence-electron chi connectivity index (χ2n) is 9.40. The maximum atomic E-state index is 12.4. The van der Waals surface area contributed by atoms with Crippen LogP contribution in [0.5, 0.6) is 0 Å². The van der Waals surface area contributed by atoms with Crippen molar-refractivity contribution in [2.45, 2.75) is 142 Å². The number of phosphoric acid groups is 1. The van der Waals surface area contributed by atoms with Crippen LogP contribution in [0.25, 0.3) is 0 Å². The standard InChI is InChI=1S/C26H51O8P/c1-3-5-7-9-11-13-15-17-19-21-23-29-26-25(27)31-34-35(28,32-26)33-30-24-22-20-18-16-14-12-10-8-6-4-2/h27H,3-24H2,1-2H3. The van der Waals surface area contributed by atoms with Gasteiger partial charge in [0.2, 0.25) is 0 Å². The monoisotopic (exact) mass is 522 g/mol. The van der Waals surface area contributed by atoms with Crippen molar-refractivity contribution in [1.82, 2.24) is 0 Å². The van der Waals surface area contributed by atoms with E-state index in [-0.39, 0.29) is 6.61 Å². The fraction of sp³-hybridized carbons (Fsp3) is 0.923. The summed E-state index contributed by atoms with van der Waals surface area (Å²) < 4.78 is 32.2. The number of rotatable bonds is 25. The van der Waals surface area contributed by atoms with Gasteiger partial charge in [0, 0.05) is 0 Å². The van der Waals surface area contributed by atoms with Crippen molar-refractivity contribution in [2.75, 3.05) is 13.2 Å². The number of aliphatic hydroxyl groups is 1. The zero-order valence-corrected chi connectivity index (χ0v) is 23.2. The maximum Gasteiger partial charge on any atom is 0.597 e. The van der Waals surface area contributed by atoms with Crippen LogP contribution in [0.3, 0.4) is 0 Å². The summed E-state index contributed by atoms with van der Waals surface area (Å²) in [5, 5.41) is 9.70. The number of hydrogen-bond acceptors (Lipinski definition) is 8. The lowest BCUT2D eigenvalue weighted by atomic mass is 10.1. The fourth-order valence-corrected chi connectivity index (χ4v) is 4.68. The summed E-state index contributed by atoms with van der Waals surface area (Å²) in [5.41, 5.74) is 0. The minimum Gasteiger partial charge on any atom is -0.474 e. The van der Waals surface area contributed by atoms with Crippen molar-refractivity contribution in [1.29, 1.82) is 0 Å². The molecular weight excluding hydrogens is 471 g/mol. The minimum atomic E-state index is -4.16. The minimum absolute atomic E-state index is 0.262. The summed E-state index contributed by atoms with van der Waals surface area (Å²) in [5.74, 6) is -1.13. The molecule has 208 valence electrons. The normalized spacial score (nSPS) is 17.9. The highest BCUT2D eigenvalue weighted by atomic mass is 31.2. The van der Waals surface area contributed by atoms with Gasteiger partial charge in [-0.3, -0.25) is 4.89 Å². The lowest BCUT2D eigenvalue weighted by Crippen LogP contribution is -2.13. The van der Waals surface area contributed by atoms with Crippen molar-refractivity contribution >= 4 is 7.82 Å². The smallest absolute Gasteiger partial charge is 0.474 e. The zero-order chi connectivity index (χ0) is 25.5. The first-order chi connectivity index (χ1) is 17.1. The third kappa shape index (κ3) is 18.0. The lowest BCUT2D eigenvalue weighted by Gasteiger charge is -2.21. The summed E-state index contributed by atoms with van der Waals surface area (Å²) in [7, 11) is -4.16. The van der Waals surface area contributed by atoms with Gasteiger partial charge in [0.05, 0.1) is 13.2 Å². The van der Waals surface area contributed by atoms with Crippen molar-refractivity contribution < 1.29 is 38.1 Å². The largest absolute Gasteiger partial charge is 0.597 e. The molecule has 9 heteroatoms. The van der Waals surface area contributed by atoms with E-state index >= 15 is 0 Å². The van der Waals surface area contributed by atoms with E-state index in [1.54, 1.807) is 0 Å².